The van der Waals surface area contributed by atoms with E-state index in [2.05, 4.69) is 0 Å². The van der Waals surface area contributed by atoms with Crippen molar-refractivity contribution in [2.45, 2.75) is 52.4 Å². The van der Waals surface area contributed by atoms with E-state index in [1.54, 1.807) is 11.8 Å². The van der Waals surface area contributed by atoms with Crippen molar-refractivity contribution >= 4 is 11.9 Å². The molecule has 0 aromatic heterocycles. The Morgan fingerprint density at radius 3 is 2.44 bits per heavy atom. The lowest BCUT2D eigenvalue weighted by Crippen LogP contribution is -2.36. The average molecular weight is 255 g/mol. The fourth-order valence-electron chi connectivity index (χ4n) is 2.60. The van der Waals surface area contributed by atoms with E-state index in [1.165, 1.54) is 25.7 Å². The Hall–Kier alpha value is -1.06. The van der Waals surface area contributed by atoms with E-state index in [1.807, 2.05) is 6.92 Å². The van der Waals surface area contributed by atoms with Crippen molar-refractivity contribution in [2.24, 2.45) is 11.8 Å². The Balaban J connectivity index is 2.33. The van der Waals surface area contributed by atoms with Gasteiger partial charge in [0.05, 0.1) is 5.92 Å². The predicted octanol–water partition coefficient (Wildman–Crippen LogP) is 2.53. The first-order chi connectivity index (χ1) is 8.54. The lowest BCUT2D eigenvalue weighted by Gasteiger charge is -2.23. The third kappa shape index (κ3) is 4.67. The van der Waals surface area contributed by atoms with Crippen LogP contribution in [0, 0.1) is 11.8 Å². The van der Waals surface area contributed by atoms with E-state index >= 15 is 0 Å². The first kappa shape index (κ1) is 15.0. The highest BCUT2D eigenvalue weighted by molar-refractivity contribution is 5.77. The molecular weight excluding hydrogens is 230 g/mol. The van der Waals surface area contributed by atoms with Crippen molar-refractivity contribution in [1.82, 2.24) is 4.90 Å². The molecule has 0 saturated heterocycles. The van der Waals surface area contributed by atoms with Crippen LogP contribution >= 0.6 is 0 Å². The first-order valence-electron chi connectivity index (χ1n) is 7.05. The molecular formula is C14H25NO3. The predicted molar refractivity (Wildman–Crippen MR) is 70.2 cm³/mol. The molecule has 0 spiro atoms. The van der Waals surface area contributed by atoms with E-state index in [0.717, 1.165) is 6.42 Å². The molecule has 0 aliphatic heterocycles. The fourth-order valence-corrected chi connectivity index (χ4v) is 2.60. The number of amides is 1. The largest absolute Gasteiger partial charge is 0.481 e. The molecule has 104 valence electrons. The van der Waals surface area contributed by atoms with E-state index in [4.69, 9.17) is 5.11 Å². The minimum absolute atomic E-state index is 0.109. The van der Waals surface area contributed by atoms with Crippen LogP contribution in [0.5, 0.6) is 0 Å². The fraction of sp³-hybridized carbons (Fsp3) is 0.857. The number of hydrogen-bond acceptors (Lipinski definition) is 2. The molecule has 0 aromatic carbocycles. The van der Waals surface area contributed by atoms with Gasteiger partial charge in [-0.3, -0.25) is 9.59 Å². The zero-order valence-electron chi connectivity index (χ0n) is 11.5. The van der Waals surface area contributed by atoms with E-state index in [0.29, 0.717) is 25.4 Å². The second-order valence-corrected chi connectivity index (χ2v) is 5.36. The van der Waals surface area contributed by atoms with E-state index in [-0.39, 0.29) is 5.91 Å². The number of hydrogen-bond donors (Lipinski definition) is 1. The molecule has 1 amide bonds. The topological polar surface area (TPSA) is 57.6 Å². The van der Waals surface area contributed by atoms with Crippen LogP contribution < -0.4 is 0 Å². The number of carboxylic acids is 1. The number of carbonyl (C=O) groups excluding carboxylic acids is 1. The second-order valence-electron chi connectivity index (χ2n) is 5.36. The van der Waals surface area contributed by atoms with Gasteiger partial charge in [0.25, 0.3) is 0 Å². The molecule has 4 nitrogen and oxygen atoms in total. The maximum atomic E-state index is 12.0. The van der Waals surface area contributed by atoms with E-state index in [9.17, 15) is 9.59 Å². The molecule has 1 aliphatic rings. The molecule has 0 radical (unpaired) electrons. The van der Waals surface area contributed by atoms with Crippen LogP contribution in [0.15, 0.2) is 0 Å². The van der Waals surface area contributed by atoms with Crippen molar-refractivity contribution in [3.63, 3.8) is 0 Å². The number of carboxylic acid groups (broad SMARTS) is 1. The number of rotatable bonds is 7. The molecule has 1 atom stereocenters. The Morgan fingerprint density at radius 2 is 1.94 bits per heavy atom. The van der Waals surface area contributed by atoms with E-state index < -0.39 is 11.9 Å². The van der Waals surface area contributed by atoms with Crippen LogP contribution in [0.2, 0.25) is 0 Å². The van der Waals surface area contributed by atoms with Gasteiger partial charge < -0.3 is 10.0 Å². The van der Waals surface area contributed by atoms with Gasteiger partial charge >= 0.3 is 5.97 Å². The Kier molecular flexibility index (Phi) is 6.16. The highest BCUT2D eigenvalue weighted by Gasteiger charge is 2.21. The maximum Gasteiger partial charge on any atom is 0.308 e. The first-order valence-corrected chi connectivity index (χ1v) is 7.05. The lowest BCUT2D eigenvalue weighted by molar-refractivity contribution is -0.143. The van der Waals surface area contributed by atoms with Gasteiger partial charge in [0, 0.05) is 19.5 Å². The Bertz CT molecular complexity index is 285. The molecule has 18 heavy (non-hydrogen) atoms. The molecule has 0 aromatic rings. The summed E-state index contributed by atoms with van der Waals surface area (Å²) in [7, 11) is 0. The van der Waals surface area contributed by atoms with Gasteiger partial charge in [-0.1, -0.05) is 32.6 Å². The molecule has 1 fully saturated rings. The molecule has 0 bridgehead atoms. The summed E-state index contributed by atoms with van der Waals surface area (Å²) in [6.07, 6.45) is 6.65. The van der Waals surface area contributed by atoms with Crippen molar-refractivity contribution in [3.8, 4) is 0 Å². The quantitative estimate of drug-likeness (QED) is 0.760. The third-order valence-corrected chi connectivity index (χ3v) is 3.89. The minimum Gasteiger partial charge on any atom is -0.481 e. The van der Waals surface area contributed by atoms with Gasteiger partial charge in [-0.25, -0.2) is 0 Å². The summed E-state index contributed by atoms with van der Waals surface area (Å²) in [4.78, 5) is 24.5. The van der Waals surface area contributed by atoms with Crippen LogP contribution in [-0.4, -0.2) is 35.0 Å². The van der Waals surface area contributed by atoms with Crippen LogP contribution in [0.1, 0.15) is 52.4 Å². The van der Waals surface area contributed by atoms with Gasteiger partial charge in [0.15, 0.2) is 0 Å². The summed E-state index contributed by atoms with van der Waals surface area (Å²) in [6.45, 7) is 4.48. The SMILES string of the molecule is CCN(CC(C)C(=O)O)C(=O)CCC1CCCC1. The van der Waals surface area contributed by atoms with Gasteiger partial charge in [0.1, 0.15) is 0 Å². The summed E-state index contributed by atoms with van der Waals surface area (Å²) in [6, 6.07) is 0. The molecule has 1 saturated carbocycles. The van der Waals surface area contributed by atoms with Crippen LogP contribution in [-0.2, 0) is 9.59 Å². The molecule has 1 unspecified atom stereocenters. The molecule has 4 heteroatoms. The summed E-state index contributed by atoms with van der Waals surface area (Å²) in [5.41, 5.74) is 0. The summed E-state index contributed by atoms with van der Waals surface area (Å²) < 4.78 is 0. The van der Waals surface area contributed by atoms with Crippen LogP contribution in [0.25, 0.3) is 0 Å². The normalized spacial score (nSPS) is 17.7. The molecule has 0 heterocycles. The van der Waals surface area contributed by atoms with Gasteiger partial charge in [-0.05, 0) is 19.3 Å². The zero-order valence-corrected chi connectivity index (χ0v) is 11.5. The minimum atomic E-state index is -0.836. The summed E-state index contributed by atoms with van der Waals surface area (Å²) in [5.74, 6) is -0.500. The van der Waals surface area contributed by atoms with Crippen LogP contribution in [0.4, 0.5) is 0 Å². The molecule has 1 N–H and O–H groups in total. The average Bonchev–Trinajstić information content (AvgIpc) is 2.85. The van der Waals surface area contributed by atoms with Crippen molar-refractivity contribution in [2.75, 3.05) is 13.1 Å². The van der Waals surface area contributed by atoms with Gasteiger partial charge in [-0.2, -0.15) is 0 Å². The van der Waals surface area contributed by atoms with Crippen molar-refractivity contribution in [3.05, 3.63) is 0 Å². The third-order valence-electron chi connectivity index (χ3n) is 3.89. The number of aliphatic carboxylic acids is 1. The molecule has 1 aliphatic carbocycles. The molecule has 1 rings (SSSR count). The van der Waals surface area contributed by atoms with Gasteiger partial charge in [0.2, 0.25) is 5.91 Å². The second kappa shape index (κ2) is 7.39. The lowest BCUT2D eigenvalue weighted by atomic mass is 10.0. The van der Waals surface area contributed by atoms with Gasteiger partial charge in [-0.15, -0.1) is 0 Å². The standard InChI is InChI=1S/C14H25NO3/c1-3-15(10-11(2)14(17)18)13(16)9-8-12-6-4-5-7-12/h11-12H,3-10H2,1-2H3,(H,17,18). The zero-order chi connectivity index (χ0) is 13.5. The smallest absolute Gasteiger partial charge is 0.308 e. The highest BCUT2D eigenvalue weighted by atomic mass is 16.4. The Labute approximate surface area is 109 Å². The highest BCUT2D eigenvalue weighted by Crippen LogP contribution is 2.28. The van der Waals surface area contributed by atoms with Crippen LogP contribution in [0.3, 0.4) is 0 Å². The summed E-state index contributed by atoms with van der Waals surface area (Å²) >= 11 is 0. The maximum absolute atomic E-state index is 12.0. The van der Waals surface area contributed by atoms with Crippen molar-refractivity contribution in [1.29, 1.82) is 0 Å². The Morgan fingerprint density at radius 1 is 1.33 bits per heavy atom. The monoisotopic (exact) mass is 255 g/mol. The number of nitrogens with zero attached hydrogens (tertiary/aromatic N) is 1. The summed E-state index contributed by atoms with van der Waals surface area (Å²) in [5, 5.41) is 8.87. The van der Waals surface area contributed by atoms with Crippen molar-refractivity contribution < 1.29 is 14.7 Å². The number of carbonyl (C=O) groups is 2.